The van der Waals surface area contributed by atoms with Gasteiger partial charge < -0.3 is 11.5 Å². The van der Waals surface area contributed by atoms with E-state index < -0.39 is 11.4 Å². The Morgan fingerprint density at radius 1 is 1.33 bits per heavy atom. The summed E-state index contributed by atoms with van der Waals surface area (Å²) in [6.45, 7) is 3.58. The van der Waals surface area contributed by atoms with Gasteiger partial charge in [-0.05, 0) is 25.5 Å². The molecule has 0 saturated heterocycles. The van der Waals surface area contributed by atoms with Crippen molar-refractivity contribution in [1.29, 1.82) is 0 Å². The molecular formula is C9H13FN2. The van der Waals surface area contributed by atoms with Gasteiger partial charge in [0.15, 0.2) is 0 Å². The molecule has 0 saturated carbocycles. The number of para-hydroxylation sites is 1. The van der Waals surface area contributed by atoms with E-state index in [4.69, 9.17) is 11.5 Å². The molecule has 2 nitrogen and oxygen atoms in total. The van der Waals surface area contributed by atoms with Crippen molar-refractivity contribution in [2.75, 3.05) is 5.73 Å². The molecule has 0 spiro atoms. The van der Waals surface area contributed by atoms with Crippen LogP contribution in [0.5, 0.6) is 0 Å². The number of benzene rings is 1. The van der Waals surface area contributed by atoms with E-state index in [2.05, 4.69) is 0 Å². The maximum atomic E-state index is 12.9. The standard InChI is InChI=1S/C9H13FN2/c1-9(2,12)6-4-3-5-7(10)8(6)11/h3-5H,11-12H2,1-2H3. The van der Waals surface area contributed by atoms with Crippen molar-refractivity contribution >= 4 is 5.69 Å². The Morgan fingerprint density at radius 2 is 1.92 bits per heavy atom. The quantitative estimate of drug-likeness (QED) is 0.626. The molecule has 66 valence electrons. The van der Waals surface area contributed by atoms with Crippen LogP contribution >= 0.6 is 0 Å². The highest BCUT2D eigenvalue weighted by Crippen LogP contribution is 2.25. The molecule has 0 aromatic heterocycles. The first-order valence-corrected chi connectivity index (χ1v) is 3.76. The monoisotopic (exact) mass is 168 g/mol. The van der Waals surface area contributed by atoms with Gasteiger partial charge in [-0.15, -0.1) is 0 Å². The topological polar surface area (TPSA) is 52.0 Å². The van der Waals surface area contributed by atoms with E-state index in [1.165, 1.54) is 6.07 Å². The number of hydrogen-bond acceptors (Lipinski definition) is 2. The third-order valence-electron chi connectivity index (χ3n) is 1.75. The van der Waals surface area contributed by atoms with Gasteiger partial charge in [0.05, 0.1) is 5.69 Å². The molecule has 0 aliphatic rings. The van der Waals surface area contributed by atoms with Crippen LogP contribution in [0, 0.1) is 5.82 Å². The minimum absolute atomic E-state index is 0.144. The van der Waals surface area contributed by atoms with Gasteiger partial charge in [-0.1, -0.05) is 12.1 Å². The lowest BCUT2D eigenvalue weighted by atomic mass is 9.94. The summed E-state index contributed by atoms with van der Waals surface area (Å²) < 4.78 is 12.9. The van der Waals surface area contributed by atoms with E-state index in [0.717, 1.165) is 0 Å². The van der Waals surface area contributed by atoms with Gasteiger partial charge in [0.25, 0.3) is 0 Å². The molecule has 0 fully saturated rings. The fraction of sp³-hybridized carbons (Fsp3) is 0.333. The third kappa shape index (κ3) is 1.56. The largest absolute Gasteiger partial charge is 0.396 e. The van der Waals surface area contributed by atoms with E-state index in [1.54, 1.807) is 26.0 Å². The molecule has 0 amide bonds. The molecule has 1 rings (SSSR count). The van der Waals surface area contributed by atoms with E-state index in [0.29, 0.717) is 5.56 Å². The van der Waals surface area contributed by atoms with Crippen molar-refractivity contribution in [1.82, 2.24) is 0 Å². The molecule has 0 bridgehead atoms. The van der Waals surface area contributed by atoms with E-state index in [-0.39, 0.29) is 5.69 Å². The van der Waals surface area contributed by atoms with Crippen molar-refractivity contribution in [3.63, 3.8) is 0 Å². The number of nitrogens with two attached hydrogens (primary N) is 2. The highest BCUT2D eigenvalue weighted by atomic mass is 19.1. The van der Waals surface area contributed by atoms with Gasteiger partial charge in [0.2, 0.25) is 0 Å². The zero-order valence-corrected chi connectivity index (χ0v) is 7.26. The number of anilines is 1. The first kappa shape index (κ1) is 9.00. The average molecular weight is 168 g/mol. The SMILES string of the molecule is CC(C)(N)c1cccc(F)c1N. The fourth-order valence-corrected chi connectivity index (χ4v) is 1.10. The van der Waals surface area contributed by atoms with Crippen LogP contribution in [0.25, 0.3) is 0 Å². The molecule has 0 aliphatic heterocycles. The van der Waals surface area contributed by atoms with E-state index in [9.17, 15) is 4.39 Å². The van der Waals surface area contributed by atoms with Crippen molar-refractivity contribution in [3.8, 4) is 0 Å². The van der Waals surface area contributed by atoms with Crippen molar-refractivity contribution in [2.45, 2.75) is 19.4 Å². The Kier molecular flexibility index (Phi) is 2.06. The first-order valence-electron chi connectivity index (χ1n) is 3.76. The lowest BCUT2D eigenvalue weighted by Crippen LogP contribution is -2.30. The molecule has 1 aromatic rings. The summed E-state index contributed by atoms with van der Waals surface area (Å²) >= 11 is 0. The summed E-state index contributed by atoms with van der Waals surface area (Å²) in [4.78, 5) is 0. The van der Waals surface area contributed by atoms with Crippen LogP contribution in [0.1, 0.15) is 19.4 Å². The lowest BCUT2D eigenvalue weighted by molar-refractivity contribution is 0.548. The van der Waals surface area contributed by atoms with Gasteiger partial charge in [-0.3, -0.25) is 0 Å². The van der Waals surface area contributed by atoms with Crippen LogP contribution in [0.3, 0.4) is 0 Å². The molecule has 0 atom stereocenters. The van der Waals surface area contributed by atoms with Gasteiger partial charge in [0, 0.05) is 5.54 Å². The summed E-state index contributed by atoms with van der Waals surface area (Å²) in [5, 5.41) is 0. The Bertz CT molecular complexity index is 289. The number of hydrogen-bond donors (Lipinski definition) is 2. The molecule has 0 unspecified atom stereocenters. The maximum Gasteiger partial charge on any atom is 0.146 e. The number of nitrogen functional groups attached to an aromatic ring is 1. The van der Waals surface area contributed by atoms with Crippen LogP contribution in [-0.4, -0.2) is 0 Å². The zero-order chi connectivity index (χ0) is 9.35. The van der Waals surface area contributed by atoms with Crippen molar-refractivity contribution in [3.05, 3.63) is 29.6 Å². The predicted molar refractivity (Wildman–Crippen MR) is 48.0 cm³/mol. The van der Waals surface area contributed by atoms with Crippen LogP contribution in [-0.2, 0) is 5.54 Å². The summed E-state index contributed by atoms with van der Waals surface area (Å²) in [6.07, 6.45) is 0. The van der Waals surface area contributed by atoms with Crippen molar-refractivity contribution in [2.24, 2.45) is 5.73 Å². The Labute approximate surface area is 71.4 Å². The second-order valence-electron chi connectivity index (χ2n) is 3.42. The summed E-state index contributed by atoms with van der Waals surface area (Å²) in [6, 6.07) is 4.67. The smallest absolute Gasteiger partial charge is 0.146 e. The molecule has 0 heterocycles. The van der Waals surface area contributed by atoms with Crippen molar-refractivity contribution < 1.29 is 4.39 Å². The fourth-order valence-electron chi connectivity index (χ4n) is 1.10. The third-order valence-corrected chi connectivity index (χ3v) is 1.75. The van der Waals surface area contributed by atoms with Gasteiger partial charge in [-0.2, -0.15) is 0 Å². The molecule has 1 aromatic carbocycles. The van der Waals surface area contributed by atoms with Crippen LogP contribution < -0.4 is 11.5 Å². The normalized spacial score (nSPS) is 11.7. The Morgan fingerprint density at radius 3 is 2.33 bits per heavy atom. The second kappa shape index (κ2) is 2.75. The molecule has 4 N–H and O–H groups in total. The minimum Gasteiger partial charge on any atom is -0.396 e. The van der Waals surface area contributed by atoms with Crippen LogP contribution in [0.4, 0.5) is 10.1 Å². The number of rotatable bonds is 1. The van der Waals surface area contributed by atoms with Gasteiger partial charge in [-0.25, -0.2) is 4.39 Å². The maximum absolute atomic E-state index is 12.9. The highest BCUT2D eigenvalue weighted by Gasteiger charge is 2.18. The van der Waals surface area contributed by atoms with Crippen LogP contribution in [0.2, 0.25) is 0 Å². The molecule has 3 heteroatoms. The molecule has 0 radical (unpaired) electrons. The highest BCUT2D eigenvalue weighted by molar-refractivity contribution is 5.50. The zero-order valence-electron chi connectivity index (χ0n) is 7.26. The first-order chi connectivity index (χ1) is 5.43. The Hall–Kier alpha value is -1.09. The molecule has 0 aliphatic carbocycles. The second-order valence-corrected chi connectivity index (χ2v) is 3.42. The van der Waals surface area contributed by atoms with Gasteiger partial charge >= 0.3 is 0 Å². The van der Waals surface area contributed by atoms with E-state index >= 15 is 0 Å². The summed E-state index contributed by atoms with van der Waals surface area (Å²) in [5.74, 6) is -0.411. The van der Waals surface area contributed by atoms with Gasteiger partial charge in [0.1, 0.15) is 5.82 Å². The molecule has 12 heavy (non-hydrogen) atoms. The van der Waals surface area contributed by atoms with Crippen LogP contribution in [0.15, 0.2) is 18.2 Å². The number of halogens is 1. The van der Waals surface area contributed by atoms with E-state index in [1.807, 2.05) is 0 Å². The predicted octanol–water partition coefficient (Wildman–Crippen LogP) is 1.60. The summed E-state index contributed by atoms with van der Waals surface area (Å²) in [5.41, 5.74) is 11.5. The lowest BCUT2D eigenvalue weighted by Gasteiger charge is -2.21. The summed E-state index contributed by atoms with van der Waals surface area (Å²) in [7, 11) is 0. The minimum atomic E-state index is -0.591. The molecular weight excluding hydrogens is 155 g/mol. The Balaban J connectivity index is 3.26. The average Bonchev–Trinajstić information content (AvgIpc) is 1.92.